The average molecular weight is 265 g/mol. The van der Waals surface area contributed by atoms with Gasteiger partial charge in [0, 0.05) is 17.5 Å². The van der Waals surface area contributed by atoms with Crippen molar-refractivity contribution in [1.82, 2.24) is 0 Å². The number of methoxy groups -OCH3 is 1. The number of hydrogen-bond donors (Lipinski definition) is 2. The largest absolute Gasteiger partial charge is 0.497 e. The van der Waals surface area contributed by atoms with Gasteiger partial charge in [0.05, 0.1) is 7.11 Å². The monoisotopic (exact) mass is 265 g/mol. The SMILES string of the molecule is COc1cc(OC(C(=O)O)C2CC2)cc(C(N)=O)c1. The minimum Gasteiger partial charge on any atom is -0.497 e. The van der Waals surface area contributed by atoms with Crippen molar-refractivity contribution in [1.29, 1.82) is 0 Å². The molecule has 1 aromatic rings. The summed E-state index contributed by atoms with van der Waals surface area (Å²) in [4.78, 5) is 22.3. The van der Waals surface area contributed by atoms with Crippen molar-refractivity contribution in [3.8, 4) is 11.5 Å². The Hall–Kier alpha value is -2.24. The molecule has 2 rings (SSSR count). The smallest absolute Gasteiger partial charge is 0.345 e. The van der Waals surface area contributed by atoms with Gasteiger partial charge in [0.15, 0.2) is 6.10 Å². The molecule has 0 radical (unpaired) electrons. The Morgan fingerprint density at radius 3 is 2.42 bits per heavy atom. The molecular weight excluding hydrogens is 250 g/mol. The zero-order valence-electron chi connectivity index (χ0n) is 10.5. The van der Waals surface area contributed by atoms with Crippen molar-refractivity contribution >= 4 is 11.9 Å². The maximum atomic E-state index is 11.2. The Balaban J connectivity index is 2.25. The second-order valence-electron chi connectivity index (χ2n) is 4.48. The van der Waals surface area contributed by atoms with Gasteiger partial charge in [-0.1, -0.05) is 0 Å². The lowest BCUT2D eigenvalue weighted by atomic mass is 10.2. The standard InChI is InChI=1S/C13H15NO5/c1-18-9-4-8(12(14)15)5-10(6-9)19-11(13(16)17)7-2-3-7/h4-7,11H,2-3H2,1H3,(H2,14,15)(H,16,17). The molecule has 0 aliphatic heterocycles. The number of ether oxygens (including phenoxy) is 2. The van der Waals surface area contributed by atoms with Crippen LogP contribution in [-0.4, -0.2) is 30.2 Å². The number of primary amides is 1. The summed E-state index contributed by atoms with van der Waals surface area (Å²) in [5.74, 6) is -0.938. The predicted molar refractivity (Wildman–Crippen MR) is 66.3 cm³/mol. The molecule has 1 saturated carbocycles. The molecule has 0 spiro atoms. The van der Waals surface area contributed by atoms with Crippen molar-refractivity contribution in [3.05, 3.63) is 23.8 Å². The molecule has 0 heterocycles. The van der Waals surface area contributed by atoms with E-state index in [1.807, 2.05) is 0 Å². The number of nitrogens with two attached hydrogens (primary N) is 1. The molecule has 102 valence electrons. The first-order chi connectivity index (χ1) is 9.01. The number of benzene rings is 1. The molecule has 19 heavy (non-hydrogen) atoms. The van der Waals surface area contributed by atoms with Crippen LogP contribution in [-0.2, 0) is 4.79 Å². The van der Waals surface area contributed by atoms with E-state index in [9.17, 15) is 9.59 Å². The minimum absolute atomic E-state index is 0.0285. The fraction of sp³-hybridized carbons (Fsp3) is 0.385. The molecule has 1 amide bonds. The van der Waals surface area contributed by atoms with Gasteiger partial charge in [-0.2, -0.15) is 0 Å². The number of aliphatic carboxylic acids is 1. The molecular formula is C13H15NO5. The van der Waals surface area contributed by atoms with E-state index in [1.54, 1.807) is 0 Å². The van der Waals surface area contributed by atoms with Gasteiger partial charge in [-0.15, -0.1) is 0 Å². The van der Waals surface area contributed by atoms with Crippen LogP contribution in [0.25, 0.3) is 0 Å². The molecule has 0 saturated heterocycles. The van der Waals surface area contributed by atoms with Gasteiger partial charge >= 0.3 is 5.97 Å². The Labute approximate surface area is 110 Å². The first-order valence-electron chi connectivity index (χ1n) is 5.89. The third-order valence-electron chi connectivity index (χ3n) is 2.96. The quantitative estimate of drug-likeness (QED) is 0.800. The van der Waals surface area contributed by atoms with Crippen molar-refractivity contribution in [2.24, 2.45) is 11.7 Å². The zero-order valence-corrected chi connectivity index (χ0v) is 10.5. The Bertz CT molecular complexity index is 510. The fourth-order valence-corrected chi connectivity index (χ4v) is 1.79. The number of hydrogen-bond acceptors (Lipinski definition) is 4. The highest BCUT2D eigenvalue weighted by Crippen LogP contribution is 2.36. The van der Waals surface area contributed by atoms with Crippen LogP contribution in [0.5, 0.6) is 11.5 Å². The highest BCUT2D eigenvalue weighted by Gasteiger charge is 2.38. The summed E-state index contributed by atoms with van der Waals surface area (Å²) in [7, 11) is 1.44. The molecule has 1 aliphatic rings. The van der Waals surface area contributed by atoms with Crippen molar-refractivity contribution < 1.29 is 24.2 Å². The van der Waals surface area contributed by atoms with Crippen LogP contribution >= 0.6 is 0 Å². The second kappa shape index (κ2) is 5.17. The zero-order chi connectivity index (χ0) is 14.0. The van der Waals surface area contributed by atoms with Crippen LogP contribution in [0.1, 0.15) is 23.2 Å². The summed E-state index contributed by atoms with van der Waals surface area (Å²) in [6.07, 6.45) is 0.778. The summed E-state index contributed by atoms with van der Waals surface area (Å²) in [5, 5.41) is 9.10. The summed E-state index contributed by atoms with van der Waals surface area (Å²) in [5.41, 5.74) is 5.42. The van der Waals surface area contributed by atoms with Crippen LogP contribution < -0.4 is 15.2 Å². The number of amides is 1. The van der Waals surface area contributed by atoms with Gasteiger partial charge in [0.2, 0.25) is 5.91 Å². The maximum absolute atomic E-state index is 11.2. The molecule has 1 aromatic carbocycles. The molecule has 0 bridgehead atoms. The molecule has 1 unspecified atom stereocenters. The molecule has 6 heteroatoms. The number of carbonyl (C=O) groups excluding carboxylic acids is 1. The van der Waals surface area contributed by atoms with Crippen molar-refractivity contribution in [2.75, 3.05) is 7.11 Å². The van der Waals surface area contributed by atoms with Gasteiger partial charge in [-0.3, -0.25) is 4.79 Å². The average Bonchev–Trinajstić information content (AvgIpc) is 3.19. The van der Waals surface area contributed by atoms with Crippen LogP contribution in [0, 0.1) is 5.92 Å². The van der Waals surface area contributed by atoms with Gasteiger partial charge in [-0.25, -0.2) is 4.79 Å². The van der Waals surface area contributed by atoms with E-state index in [0.717, 1.165) is 12.8 Å². The first kappa shape index (κ1) is 13.2. The summed E-state index contributed by atoms with van der Waals surface area (Å²) < 4.78 is 10.5. The summed E-state index contributed by atoms with van der Waals surface area (Å²) >= 11 is 0. The molecule has 1 fully saturated rings. The molecule has 0 aromatic heterocycles. The van der Waals surface area contributed by atoms with Crippen LogP contribution in [0.4, 0.5) is 0 Å². The number of carbonyl (C=O) groups is 2. The van der Waals surface area contributed by atoms with Gasteiger partial charge in [0.1, 0.15) is 11.5 Å². The topological polar surface area (TPSA) is 98.8 Å². The normalized spacial score (nSPS) is 15.6. The molecule has 6 nitrogen and oxygen atoms in total. The number of carboxylic acids is 1. The first-order valence-corrected chi connectivity index (χ1v) is 5.89. The van der Waals surface area contributed by atoms with E-state index in [1.165, 1.54) is 25.3 Å². The lowest BCUT2D eigenvalue weighted by molar-refractivity contribution is -0.146. The van der Waals surface area contributed by atoms with Crippen LogP contribution in [0.15, 0.2) is 18.2 Å². The van der Waals surface area contributed by atoms with E-state index in [-0.39, 0.29) is 17.2 Å². The highest BCUT2D eigenvalue weighted by molar-refractivity contribution is 5.93. The van der Waals surface area contributed by atoms with Gasteiger partial charge < -0.3 is 20.3 Å². The Morgan fingerprint density at radius 2 is 1.95 bits per heavy atom. The lowest BCUT2D eigenvalue weighted by Gasteiger charge is -2.15. The number of carboxylic acid groups (broad SMARTS) is 1. The second-order valence-corrected chi connectivity index (χ2v) is 4.48. The third-order valence-corrected chi connectivity index (χ3v) is 2.96. The van der Waals surface area contributed by atoms with Crippen molar-refractivity contribution in [2.45, 2.75) is 18.9 Å². The maximum Gasteiger partial charge on any atom is 0.345 e. The summed E-state index contributed by atoms with van der Waals surface area (Å²) in [6.45, 7) is 0. The fourth-order valence-electron chi connectivity index (χ4n) is 1.79. The minimum atomic E-state index is -1.01. The number of rotatable bonds is 6. The highest BCUT2D eigenvalue weighted by atomic mass is 16.5. The summed E-state index contributed by atoms with van der Waals surface area (Å²) in [6, 6.07) is 4.43. The van der Waals surface area contributed by atoms with Crippen molar-refractivity contribution in [3.63, 3.8) is 0 Å². The van der Waals surface area contributed by atoms with Gasteiger partial charge in [0.25, 0.3) is 0 Å². The lowest BCUT2D eigenvalue weighted by Crippen LogP contribution is -2.29. The van der Waals surface area contributed by atoms with Crippen LogP contribution in [0.3, 0.4) is 0 Å². The predicted octanol–water partition coefficient (Wildman–Crippen LogP) is 1.04. The van der Waals surface area contributed by atoms with E-state index in [0.29, 0.717) is 5.75 Å². The Morgan fingerprint density at radius 1 is 1.32 bits per heavy atom. The van der Waals surface area contributed by atoms with E-state index < -0.39 is 18.0 Å². The third kappa shape index (κ3) is 3.15. The molecule has 1 atom stereocenters. The van der Waals surface area contributed by atoms with Crippen LogP contribution in [0.2, 0.25) is 0 Å². The van der Waals surface area contributed by atoms with E-state index in [2.05, 4.69) is 0 Å². The van der Waals surface area contributed by atoms with E-state index in [4.69, 9.17) is 20.3 Å². The van der Waals surface area contributed by atoms with Gasteiger partial charge in [-0.05, 0) is 25.0 Å². The van der Waals surface area contributed by atoms with E-state index >= 15 is 0 Å². The molecule has 3 N–H and O–H groups in total. The Kier molecular flexibility index (Phi) is 3.59. The molecule has 1 aliphatic carbocycles.